The fourth-order valence-corrected chi connectivity index (χ4v) is 3.06. The molecule has 142 valence electrons. The predicted molar refractivity (Wildman–Crippen MR) is 107 cm³/mol. The fraction of sp³-hybridized carbons (Fsp3) is 0.333. The number of anilines is 1. The summed E-state index contributed by atoms with van der Waals surface area (Å²) >= 11 is 0. The number of aromatic nitrogens is 2. The minimum absolute atomic E-state index is 0.0423. The first kappa shape index (κ1) is 19.1. The zero-order chi connectivity index (χ0) is 19.1. The van der Waals surface area contributed by atoms with Crippen LogP contribution >= 0.6 is 0 Å². The molecule has 0 radical (unpaired) electrons. The van der Waals surface area contributed by atoms with Crippen LogP contribution in [0.15, 0.2) is 59.5 Å². The van der Waals surface area contributed by atoms with E-state index in [0.717, 1.165) is 5.56 Å². The van der Waals surface area contributed by atoms with Gasteiger partial charge in [-0.3, -0.25) is 9.20 Å². The van der Waals surface area contributed by atoms with Crippen LogP contribution in [0.25, 0.3) is 5.65 Å². The SMILES string of the molecule is COCCN(CCOC)c1nc2ccccn2c(=O)c1Cc1ccccc1. The summed E-state index contributed by atoms with van der Waals surface area (Å²) in [4.78, 5) is 20.1. The van der Waals surface area contributed by atoms with Gasteiger partial charge in [-0.15, -0.1) is 0 Å². The van der Waals surface area contributed by atoms with Gasteiger partial charge in [0.15, 0.2) is 0 Å². The van der Waals surface area contributed by atoms with Crippen molar-refractivity contribution in [2.45, 2.75) is 6.42 Å². The number of rotatable bonds is 9. The van der Waals surface area contributed by atoms with Crippen LogP contribution in [0.4, 0.5) is 5.82 Å². The van der Waals surface area contributed by atoms with Gasteiger partial charge in [-0.05, 0) is 17.7 Å². The lowest BCUT2D eigenvalue weighted by molar-refractivity contribution is 0.190. The van der Waals surface area contributed by atoms with Crippen molar-refractivity contribution in [3.05, 3.63) is 76.2 Å². The molecule has 0 saturated heterocycles. The smallest absolute Gasteiger partial charge is 0.263 e. The third-order valence-electron chi connectivity index (χ3n) is 4.46. The molecular weight excluding hydrogens is 342 g/mol. The molecule has 0 aliphatic carbocycles. The average molecular weight is 367 g/mol. The van der Waals surface area contributed by atoms with Crippen molar-refractivity contribution < 1.29 is 9.47 Å². The summed E-state index contributed by atoms with van der Waals surface area (Å²) in [6, 6.07) is 15.6. The monoisotopic (exact) mass is 367 g/mol. The Labute approximate surface area is 159 Å². The summed E-state index contributed by atoms with van der Waals surface area (Å²) in [6.45, 7) is 2.36. The van der Waals surface area contributed by atoms with Gasteiger partial charge in [0.05, 0.1) is 18.8 Å². The maximum atomic E-state index is 13.2. The number of hydrogen-bond acceptors (Lipinski definition) is 5. The molecule has 0 spiro atoms. The molecule has 0 atom stereocenters. The van der Waals surface area contributed by atoms with Crippen LogP contribution in [0, 0.1) is 0 Å². The molecule has 27 heavy (non-hydrogen) atoms. The summed E-state index contributed by atoms with van der Waals surface area (Å²) < 4.78 is 12.1. The Morgan fingerprint density at radius 1 is 0.963 bits per heavy atom. The lowest BCUT2D eigenvalue weighted by atomic mass is 10.1. The van der Waals surface area contributed by atoms with Crippen molar-refractivity contribution in [2.75, 3.05) is 45.4 Å². The van der Waals surface area contributed by atoms with E-state index in [0.29, 0.717) is 49.8 Å². The predicted octanol–water partition coefficient (Wildman–Crippen LogP) is 2.38. The number of hydrogen-bond donors (Lipinski definition) is 0. The molecular formula is C21H25N3O3. The largest absolute Gasteiger partial charge is 0.383 e. The summed E-state index contributed by atoms with van der Waals surface area (Å²) in [5.41, 5.74) is 2.34. The topological polar surface area (TPSA) is 56.1 Å². The number of fused-ring (bicyclic) bond motifs is 1. The van der Waals surface area contributed by atoms with Gasteiger partial charge in [0, 0.05) is 39.9 Å². The highest BCUT2D eigenvalue weighted by Crippen LogP contribution is 2.19. The van der Waals surface area contributed by atoms with Crippen LogP contribution in [-0.2, 0) is 15.9 Å². The highest BCUT2D eigenvalue weighted by molar-refractivity contribution is 5.55. The summed E-state index contributed by atoms with van der Waals surface area (Å²) in [5, 5.41) is 0. The van der Waals surface area contributed by atoms with Gasteiger partial charge >= 0.3 is 0 Å². The van der Waals surface area contributed by atoms with E-state index in [4.69, 9.17) is 14.5 Å². The molecule has 3 aromatic rings. The van der Waals surface area contributed by atoms with Crippen LogP contribution in [0.2, 0.25) is 0 Å². The van der Waals surface area contributed by atoms with E-state index >= 15 is 0 Å². The Balaban J connectivity index is 2.12. The summed E-state index contributed by atoms with van der Waals surface area (Å²) in [5.74, 6) is 0.698. The summed E-state index contributed by atoms with van der Waals surface area (Å²) in [6.07, 6.45) is 2.29. The molecule has 0 saturated carbocycles. The Bertz CT molecular complexity index is 917. The molecule has 6 nitrogen and oxygen atoms in total. The third kappa shape index (κ3) is 4.53. The van der Waals surface area contributed by atoms with Gasteiger partial charge in [0.25, 0.3) is 5.56 Å². The average Bonchev–Trinajstić information content (AvgIpc) is 2.71. The van der Waals surface area contributed by atoms with Crippen LogP contribution in [0.5, 0.6) is 0 Å². The third-order valence-corrected chi connectivity index (χ3v) is 4.46. The van der Waals surface area contributed by atoms with E-state index in [1.807, 2.05) is 48.5 Å². The first-order valence-corrected chi connectivity index (χ1v) is 9.01. The zero-order valence-electron chi connectivity index (χ0n) is 15.8. The van der Waals surface area contributed by atoms with Gasteiger partial charge in [-0.1, -0.05) is 36.4 Å². The van der Waals surface area contributed by atoms with Crippen LogP contribution < -0.4 is 10.5 Å². The van der Waals surface area contributed by atoms with Crippen LogP contribution in [-0.4, -0.2) is 49.9 Å². The number of nitrogens with zero attached hydrogens (tertiary/aromatic N) is 3. The van der Waals surface area contributed by atoms with E-state index in [1.165, 1.54) is 0 Å². The number of benzene rings is 1. The van der Waals surface area contributed by atoms with Crippen molar-refractivity contribution in [3.63, 3.8) is 0 Å². The number of ether oxygens (including phenoxy) is 2. The molecule has 0 aliphatic rings. The maximum Gasteiger partial charge on any atom is 0.263 e. The van der Waals surface area contributed by atoms with E-state index in [-0.39, 0.29) is 5.56 Å². The Morgan fingerprint density at radius 2 is 1.63 bits per heavy atom. The zero-order valence-corrected chi connectivity index (χ0v) is 15.8. The van der Waals surface area contributed by atoms with Crippen molar-refractivity contribution in [3.8, 4) is 0 Å². The van der Waals surface area contributed by atoms with Crippen molar-refractivity contribution in [1.29, 1.82) is 0 Å². The van der Waals surface area contributed by atoms with E-state index < -0.39 is 0 Å². The first-order chi connectivity index (χ1) is 13.2. The molecule has 2 aromatic heterocycles. The van der Waals surface area contributed by atoms with Gasteiger partial charge in [0.1, 0.15) is 11.5 Å². The highest BCUT2D eigenvalue weighted by atomic mass is 16.5. The molecule has 0 fully saturated rings. The molecule has 0 aliphatic heterocycles. The van der Waals surface area contributed by atoms with Gasteiger partial charge < -0.3 is 14.4 Å². The molecule has 0 amide bonds. The second-order valence-corrected chi connectivity index (χ2v) is 6.28. The highest BCUT2D eigenvalue weighted by Gasteiger charge is 2.18. The maximum absolute atomic E-state index is 13.2. The Kier molecular flexibility index (Phi) is 6.57. The first-order valence-electron chi connectivity index (χ1n) is 9.01. The number of pyridine rings is 1. The Hall–Kier alpha value is -2.70. The lowest BCUT2D eigenvalue weighted by Gasteiger charge is -2.25. The van der Waals surface area contributed by atoms with Gasteiger partial charge in [-0.2, -0.15) is 0 Å². The van der Waals surface area contributed by atoms with Gasteiger partial charge in [-0.25, -0.2) is 4.98 Å². The van der Waals surface area contributed by atoms with Crippen molar-refractivity contribution in [1.82, 2.24) is 9.38 Å². The molecule has 0 N–H and O–H groups in total. The molecule has 1 aromatic carbocycles. The minimum atomic E-state index is -0.0423. The molecule has 0 bridgehead atoms. The van der Waals surface area contributed by atoms with E-state index in [9.17, 15) is 4.79 Å². The van der Waals surface area contributed by atoms with Crippen LogP contribution in [0.1, 0.15) is 11.1 Å². The quantitative estimate of drug-likeness (QED) is 0.581. The standard InChI is InChI=1S/C21H25N3O3/c1-26-14-12-23(13-15-27-2)20-18(16-17-8-4-3-5-9-17)21(25)24-11-7-6-10-19(24)22-20/h3-11H,12-16H2,1-2H3. The van der Waals surface area contributed by atoms with Gasteiger partial charge in [0.2, 0.25) is 0 Å². The normalized spacial score (nSPS) is 11.0. The fourth-order valence-electron chi connectivity index (χ4n) is 3.06. The molecule has 6 heteroatoms. The number of methoxy groups -OCH3 is 2. The Morgan fingerprint density at radius 3 is 2.30 bits per heavy atom. The van der Waals surface area contributed by atoms with E-state index in [2.05, 4.69) is 4.90 Å². The molecule has 3 rings (SSSR count). The minimum Gasteiger partial charge on any atom is -0.383 e. The molecule has 2 heterocycles. The summed E-state index contributed by atoms with van der Waals surface area (Å²) in [7, 11) is 3.34. The van der Waals surface area contributed by atoms with Crippen molar-refractivity contribution >= 4 is 11.5 Å². The lowest BCUT2D eigenvalue weighted by Crippen LogP contribution is -2.35. The van der Waals surface area contributed by atoms with Crippen LogP contribution in [0.3, 0.4) is 0 Å². The second-order valence-electron chi connectivity index (χ2n) is 6.28. The van der Waals surface area contributed by atoms with E-state index in [1.54, 1.807) is 24.8 Å². The van der Waals surface area contributed by atoms with Crippen molar-refractivity contribution in [2.24, 2.45) is 0 Å². The molecule has 0 unspecified atom stereocenters. The second kappa shape index (κ2) is 9.30.